The van der Waals surface area contributed by atoms with Crippen molar-refractivity contribution >= 4 is 101 Å². The molecule has 478 valence electrons. The molecular formula is C92H87BN4. The SMILES string of the molecule is CC(C)(C)c1cc(-c2ccc3c(c2)B2c4ccc(-n5c6ccccc6c6cc7c(cc65)c5ccccc5n7-c5ccccc5)cc4N(c4ccc(C(C)(C)C)cc4-c4ccccc4)c4cc(C(C)(C)C)cc(c42)N3c2ccc(C(C)(C)C)cc2-c2ccccc2)cc(C(C)(C)C)c1. The molecular weight excluding hydrogens is 1170 g/mol. The van der Waals surface area contributed by atoms with Gasteiger partial charge in [0.05, 0.1) is 33.4 Å². The maximum Gasteiger partial charge on any atom is 0.252 e. The predicted octanol–water partition coefficient (Wildman–Crippen LogP) is 23.5. The first-order valence-electron chi connectivity index (χ1n) is 34.9. The Morgan fingerprint density at radius 2 is 0.660 bits per heavy atom. The zero-order valence-corrected chi connectivity index (χ0v) is 59.1. The number of hydrogen-bond donors (Lipinski definition) is 0. The number of hydrogen-bond acceptors (Lipinski definition) is 2. The Bertz CT molecular complexity index is 5440. The minimum absolute atomic E-state index is 0.0662. The van der Waals surface area contributed by atoms with E-state index < -0.39 is 0 Å². The van der Waals surface area contributed by atoms with Crippen molar-refractivity contribution < 1.29 is 0 Å². The van der Waals surface area contributed by atoms with Crippen LogP contribution in [0.3, 0.4) is 0 Å². The molecule has 4 heterocycles. The van der Waals surface area contributed by atoms with Crippen LogP contribution in [-0.2, 0) is 27.1 Å². The van der Waals surface area contributed by atoms with Crippen LogP contribution in [0.1, 0.15) is 132 Å². The third kappa shape index (κ3) is 10.3. The van der Waals surface area contributed by atoms with Crippen molar-refractivity contribution in [2.75, 3.05) is 9.80 Å². The molecule has 16 rings (SSSR count). The standard InChI is InChI=1S/C92H87BN4/c1-88(2,3)62-40-45-79(71(51-62)58-29-19-16-20-30-58)96-81-44-39-60(61-47-64(90(7,8)9)50-65(48-61)91(10,11)12)49-76(81)93-75-43-42-68(95-78-38-28-26-36-70(78)74-56-82-73(57-83(74)95)69-35-25-27-37-77(69)94(82)67-33-23-18-24-34-67)55-84(75)97(86-54-66(92(13,14)15)53-85(96)87(86)93)80-46-41-63(89(4,5)6)52-72(80)59-31-21-17-22-32-59/h16-57H,1-15H3. The minimum atomic E-state index is -0.248. The highest BCUT2D eigenvalue weighted by atomic mass is 15.2. The Balaban J connectivity index is 1.04. The van der Waals surface area contributed by atoms with Gasteiger partial charge in [-0.2, -0.15) is 0 Å². The van der Waals surface area contributed by atoms with E-state index in [2.05, 4.69) is 378 Å². The van der Waals surface area contributed by atoms with E-state index in [-0.39, 0.29) is 33.8 Å². The van der Waals surface area contributed by atoms with E-state index in [1.807, 2.05) is 0 Å². The van der Waals surface area contributed by atoms with Gasteiger partial charge in [0.15, 0.2) is 0 Å². The number of anilines is 6. The number of rotatable bonds is 7. The zero-order valence-electron chi connectivity index (χ0n) is 59.1. The Morgan fingerprint density at radius 3 is 1.14 bits per heavy atom. The molecule has 0 amide bonds. The van der Waals surface area contributed by atoms with E-state index in [9.17, 15) is 0 Å². The molecule has 0 saturated heterocycles. The fourth-order valence-electron chi connectivity index (χ4n) is 15.6. The highest BCUT2D eigenvalue weighted by molar-refractivity contribution is 7.00. The number of nitrogens with zero attached hydrogens (tertiary/aromatic N) is 4. The lowest BCUT2D eigenvalue weighted by molar-refractivity contribution is 0.569. The van der Waals surface area contributed by atoms with Crippen LogP contribution < -0.4 is 26.2 Å². The summed E-state index contributed by atoms with van der Waals surface area (Å²) in [6.07, 6.45) is 0. The van der Waals surface area contributed by atoms with Crippen molar-refractivity contribution in [3.63, 3.8) is 0 Å². The molecule has 97 heavy (non-hydrogen) atoms. The average molecular weight is 1260 g/mol. The van der Waals surface area contributed by atoms with Crippen LogP contribution in [0.2, 0.25) is 0 Å². The molecule has 0 atom stereocenters. The van der Waals surface area contributed by atoms with Crippen molar-refractivity contribution in [2.24, 2.45) is 0 Å². The second-order valence-electron chi connectivity index (χ2n) is 32.7. The molecule has 0 saturated carbocycles. The summed E-state index contributed by atoms with van der Waals surface area (Å²) < 4.78 is 5.00. The van der Waals surface area contributed by atoms with E-state index in [1.54, 1.807) is 0 Å². The van der Waals surface area contributed by atoms with Crippen molar-refractivity contribution in [3.05, 3.63) is 283 Å². The molecule has 5 heteroatoms. The summed E-state index contributed by atoms with van der Waals surface area (Å²) in [5.74, 6) is 0. The van der Waals surface area contributed by atoms with Crippen LogP contribution in [0.15, 0.2) is 255 Å². The molecule has 12 aromatic carbocycles. The first kappa shape index (κ1) is 61.8. The smallest absolute Gasteiger partial charge is 0.252 e. The first-order chi connectivity index (χ1) is 46.3. The molecule has 2 aromatic heterocycles. The second kappa shape index (κ2) is 22.2. The number of fused-ring (bicyclic) bond motifs is 10. The molecule has 0 bridgehead atoms. The van der Waals surface area contributed by atoms with Gasteiger partial charge in [0.1, 0.15) is 0 Å². The topological polar surface area (TPSA) is 16.3 Å². The molecule has 0 fully saturated rings. The van der Waals surface area contributed by atoms with Gasteiger partial charge in [0, 0.05) is 66.8 Å². The second-order valence-corrected chi connectivity index (χ2v) is 32.7. The van der Waals surface area contributed by atoms with Gasteiger partial charge < -0.3 is 18.9 Å². The van der Waals surface area contributed by atoms with Gasteiger partial charge >= 0.3 is 0 Å². The lowest BCUT2D eigenvalue weighted by atomic mass is 9.33. The Labute approximate surface area is 574 Å². The highest BCUT2D eigenvalue weighted by Gasteiger charge is 2.46. The maximum absolute atomic E-state index is 2.69. The molecule has 0 radical (unpaired) electrons. The van der Waals surface area contributed by atoms with Gasteiger partial charge in [0.2, 0.25) is 0 Å². The fourth-order valence-corrected chi connectivity index (χ4v) is 15.6. The van der Waals surface area contributed by atoms with Crippen LogP contribution >= 0.6 is 0 Å². The van der Waals surface area contributed by atoms with Crippen molar-refractivity contribution in [1.29, 1.82) is 0 Å². The number of para-hydroxylation sites is 3. The van der Waals surface area contributed by atoms with Crippen molar-refractivity contribution in [3.8, 4) is 44.8 Å². The molecule has 0 unspecified atom stereocenters. The van der Waals surface area contributed by atoms with Gasteiger partial charge in [-0.05, 0) is 185 Å². The average Bonchev–Trinajstić information content (AvgIpc) is 0.977. The van der Waals surface area contributed by atoms with E-state index in [0.29, 0.717) is 0 Å². The van der Waals surface area contributed by atoms with Crippen LogP contribution in [0.25, 0.3) is 88.4 Å². The Hall–Kier alpha value is -10.1. The largest absolute Gasteiger partial charge is 0.311 e. The Morgan fingerprint density at radius 1 is 0.237 bits per heavy atom. The summed E-state index contributed by atoms with van der Waals surface area (Å²) in [4.78, 5) is 5.35. The lowest BCUT2D eigenvalue weighted by Gasteiger charge is -2.46. The van der Waals surface area contributed by atoms with Crippen molar-refractivity contribution in [2.45, 2.75) is 131 Å². The summed E-state index contributed by atoms with van der Waals surface area (Å²) in [6.45, 7) is 35.1. The van der Waals surface area contributed by atoms with E-state index in [1.165, 1.54) is 138 Å². The molecule has 2 aliphatic heterocycles. The van der Waals surface area contributed by atoms with Crippen LogP contribution in [0.5, 0.6) is 0 Å². The molecule has 4 nitrogen and oxygen atoms in total. The molecule has 0 spiro atoms. The third-order valence-electron chi connectivity index (χ3n) is 21.0. The van der Waals surface area contributed by atoms with Gasteiger partial charge in [-0.3, -0.25) is 0 Å². The summed E-state index contributed by atoms with van der Waals surface area (Å²) in [5.41, 5.74) is 31.1. The minimum Gasteiger partial charge on any atom is -0.311 e. The monoisotopic (exact) mass is 1260 g/mol. The first-order valence-corrected chi connectivity index (χ1v) is 34.9. The predicted molar refractivity (Wildman–Crippen MR) is 419 cm³/mol. The Kier molecular flexibility index (Phi) is 14.2. The molecule has 14 aromatic rings. The quantitative estimate of drug-likeness (QED) is 0.148. The van der Waals surface area contributed by atoms with Crippen LogP contribution in [0.4, 0.5) is 34.1 Å². The number of aromatic nitrogens is 2. The van der Waals surface area contributed by atoms with Gasteiger partial charge in [-0.25, -0.2) is 0 Å². The van der Waals surface area contributed by atoms with Crippen molar-refractivity contribution in [1.82, 2.24) is 9.13 Å². The van der Waals surface area contributed by atoms with E-state index in [4.69, 9.17) is 0 Å². The number of benzene rings is 12. The summed E-state index contributed by atoms with van der Waals surface area (Å²) in [5, 5.41) is 4.90. The van der Waals surface area contributed by atoms with E-state index >= 15 is 0 Å². The molecule has 2 aliphatic rings. The summed E-state index contributed by atoms with van der Waals surface area (Å²) in [7, 11) is 0. The fraction of sp³-hybridized carbons (Fsp3) is 0.217. The normalized spacial score (nSPS) is 13.5. The summed E-state index contributed by atoms with van der Waals surface area (Å²) >= 11 is 0. The lowest BCUT2D eigenvalue weighted by Crippen LogP contribution is -2.61. The third-order valence-corrected chi connectivity index (χ3v) is 21.0. The van der Waals surface area contributed by atoms with Gasteiger partial charge in [-0.15, -0.1) is 0 Å². The highest BCUT2D eigenvalue weighted by Crippen LogP contribution is 2.52. The zero-order chi connectivity index (χ0) is 67.4. The van der Waals surface area contributed by atoms with Gasteiger partial charge in [-0.1, -0.05) is 268 Å². The summed E-state index contributed by atoms with van der Waals surface area (Å²) in [6, 6.07) is 98.1. The van der Waals surface area contributed by atoms with Gasteiger partial charge in [0.25, 0.3) is 6.71 Å². The van der Waals surface area contributed by atoms with Crippen LogP contribution in [-0.4, -0.2) is 15.8 Å². The molecule has 0 aliphatic carbocycles. The van der Waals surface area contributed by atoms with E-state index in [0.717, 1.165) is 28.4 Å². The molecule has 0 N–H and O–H groups in total. The van der Waals surface area contributed by atoms with Crippen LogP contribution in [0, 0.1) is 0 Å². The maximum atomic E-state index is 2.69.